The van der Waals surface area contributed by atoms with Crippen molar-refractivity contribution < 1.29 is 23.8 Å². The molecule has 1 heterocycles. The molecule has 2 aliphatic rings. The van der Waals surface area contributed by atoms with Crippen LogP contribution in [0.1, 0.15) is 57.6 Å². The van der Waals surface area contributed by atoms with Gasteiger partial charge in [0, 0.05) is 24.5 Å². The van der Waals surface area contributed by atoms with Gasteiger partial charge in [0.05, 0.1) is 11.5 Å². The van der Waals surface area contributed by atoms with Gasteiger partial charge in [-0.3, -0.25) is 9.59 Å². The Morgan fingerprint density at radius 2 is 2.08 bits per heavy atom. The molecule has 0 radical (unpaired) electrons. The highest BCUT2D eigenvalue weighted by atomic mass is 19.1. The molecule has 6 heteroatoms. The van der Waals surface area contributed by atoms with Gasteiger partial charge in [0.1, 0.15) is 17.2 Å². The maximum absolute atomic E-state index is 13.5. The van der Waals surface area contributed by atoms with Crippen LogP contribution in [0, 0.1) is 11.2 Å². The van der Waals surface area contributed by atoms with Crippen LogP contribution in [0.15, 0.2) is 18.2 Å². The van der Waals surface area contributed by atoms with E-state index in [1.807, 2.05) is 13.8 Å². The van der Waals surface area contributed by atoms with Crippen molar-refractivity contribution in [2.24, 2.45) is 5.41 Å². The van der Waals surface area contributed by atoms with Gasteiger partial charge in [-0.05, 0) is 32.8 Å². The number of hydrogen-bond donors (Lipinski definition) is 2. The number of nitrogens with one attached hydrogen (secondary N) is 1. The highest BCUT2D eigenvalue weighted by molar-refractivity contribution is 5.86. The molecule has 1 saturated carbocycles. The standard InChI is InChI=1S/C18H22FNO4/c1-17(2)9-13(12-5-4-11(19)8-14(12)24-17)20-15(21)10-18(16(22)23)6-3-7-18/h4-5,8,13H,3,6-7,9-10H2,1-2H3,(H,20,21)(H,22,23). The van der Waals surface area contributed by atoms with Crippen LogP contribution in [0.2, 0.25) is 0 Å². The molecule has 1 fully saturated rings. The van der Waals surface area contributed by atoms with Crippen LogP contribution in [0.5, 0.6) is 5.75 Å². The first-order valence-corrected chi connectivity index (χ1v) is 8.22. The number of aliphatic carboxylic acids is 1. The molecular formula is C18H22FNO4. The molecule has 5 nitrogen and oxygen atoms in total. The third-order valence-corrected chi connectivity index (χ3v) is 5.03. The number of hydrogen-bond acceptors (Lipinski definition) is 3. The fourth-order valence-electron chi connectivity index (χ4n) is 3.58. The molecule has 1 aromatic carbocycles. The summed E-state index contributed by atoms with van der Waals surface area (Å²) >= 11 is 0. The molecule has 130 valence electrons. The topological polar surface area (TPSA) is 75.6 Å². The Bertz CT molecular complexity index is 682. The van der Waals surface area contributed by atoms with Crippen LogP contribution in [0.25, 0.3) is 0 Å². The van der Waals surface area contributed by atoms with E-state index >= 15 is 0 Å². The molecule has 1 unspecified atom stereocenters. The van der Waals surface area contributed by atoms with Gasteiger partial charge >= 0.3 is 5.97 Å². The average molecular weight is 335 g/mol. The fourth-order valence-corrected chi connectivity index (χ4v) is 3.58. The summed E-state index contributed by atoms with van der Waals surface area (Å²) in [4.78, 5) is 23.9. The van der Waals surface area contributed by atoms with Crippen molar-refractivity contribution in [1.29, 1.82) is 0 Å². The van der Waals surface area contributed by atoms with E-state index in [1.54, 1.807) is 6.07 Å². The van der Waals surface area contributed by atoms with Crippen molar-refractivity contribution in [3.63, 3.8) is 0 Å². The molecule has 0 aromatic heterocycles. The van der Waals surface area contributed by atoms with Crippen molar-refractivity contribution in [1.82, 2.24) is 5.32 Å². The van der Waals surface area contributed by atoms with E-state index in [0.717, 1.165) is 12.0 Å². The first-order chi connectivity index (χ1) is 11.2. The largest absolute Gasteiger partial charge is 0.487 e. The molecule has 1 aromatic rings. The van der Waals surface area contributed by atoms with Crippen molar-refractivity contribution in [2.75, 3.05) is 0 Å². The zero-order chi connectivity index (χ0) is 17.5. The van der Waals surface area contributed by atoms with E-state index in [0.29, 0.717) is 25.0 Å². The van der Waals surface area contributed by atoms with Crippen molar-refractivity contribution in [3.8, 4) is 5.75 Å². The lowest BCUT2D eigenvalue weighted by molar-refractivity contribution is -0.157. The number of ether oxygens (including phenoxy) is 1. The maximum atomic E-state index is 13.5. The molecule has 1 aliphatic carbocycles. The second-order valence-electron chi connectivity index (χ2n) is 7.48. The Labute approximate surface area is 140 Å². The maximum Gasteiger partial charge on any atom is 0.310 e. The Kier molecular flexibility index (Phi) is 4.01. The average Bonchev–Trinajstić information content (AvgIpc) is 2.40. The number of carboxylic acid groups (broad SMARTS) is 1. The monoisotopic (exact) mass is 335 g/mol. The number of carbonyl (C=O) groups excluding carboxylic acids is 1. The van der Waals surface area contributed by atoms with E-state index in [9.17, 15) is 19.1 Å². The van der Waals surface area contributed by atoms with Gasteiger partial charge in [0.2, 0.25) is 5.91 Å². The van der Waals surface area contributed by atoms with Crippen LogP contribution < -0.4 is 10.1 Å². The number of rotatable bonds is 4. The predicted molar refractivity (Wildman–Crippen MR) is 85.1 cm³/mol. The number of carboxylic acids is 1. The van der Waals surface area contributed by atoms with Crippen LogP contribution in [-0.4, -0.2) is 22.6 Å². The van der Waals surface area contributed by atoms with Gasteiger partial charge in [-0.25, -0.2) is 4.39 Å². The molecule has 24 heavy (non-hydrogen) atoms. The number of halogens is 1. The van der Waals surface area contributed by atoms with Gasteiger partial charge in [0.25, 0.3) is 0 Å². The molecule has 1 atom stereocenters. The molecule has 1 aliphatic heterocycles. The zero-order valence-electron chi connectivity index (χ0n) is 13.9. The third-order valence-electron chi connectivity index (χ3n) is 5.03. The van der Waals surface area contributed by atoms with Crippen LogP contribution in [-0.2, 0) is 9.59 Å². The van der Waals surface area contributed by atoms with Crippen LogP contribution in [0.3, 0.4) is 0 Å². The Hall–Kier alpha value is -2.11. The second kappa shape index (κ2) is 5.76. The fraction of sp³-hybridized carbons (Fsp3) is 0.556. The summed E-state index contributed by atoms with van der Waals surface area (Å²) in [5.74, 6) is -1.15. The van der Waals surface area contributed by atoms with Gasteiger partial charge in [-0.15, -0.1) is 0 Å². The van der Waals surface area contributed by atoms with Crippen molar-refractivity contribution >= 4 is 11.9 Å². The lowest BCUT2D eigenvalue weighted by atomic mass is 9.66. The smallest absolute Gasteiger partial charge is 0.310 e. The predicted octanol–water partition coefficient (Wildman–Crippen LogP) is 3.19. The van der Waals surface area contributed by atoms with E-state index in [4.69, 9.17) is 4.74 Å². The third kappa shape index (κ3) is 3.09. The Balaban J connectivity index is 1.77. The molecule has 2 N–H and O–H groups in total. The van der Waals surface area contributed by atoms with Crippen molar-refractivity contribution in [3.05, 3.63) is 29.6 Å². The summed E-state index contributed by atoms with van der Waals surface area (Å²) in [6.07, 6.45) is 2.44. The Morgan fingerprint density at radius 1 is 1.38 bits per heavy atom. The summed E-state index contributed by atoms with van der Waals surface area (Å²) < 4.78 is 19.3. The first-order valence-electron chi connectivity index (χ1n) is 8.22. The summed E-state index contributed by atoms with van der Waals surface area (Å²) in [7, 11) is 0. The molecule has 1 amide bonds. The minimum absolute atomic E-state index is 0.0172. The number of fused-ring (bicyclic) bond motifs is 1. The SMILES string of the molecule is CC1(C)CC(NC(=O)CC2(C(=O)O)CCC2)c2ccc(F)cc2O1. The summed E-state index contributed by atoms with van der Waals surface area (Å²) in [5, 5.41) is 12.3. The van der Waals surface area contributed by atoms with E-state index in [2.05, 4.69) is 5.32 Å². The number of carbonyl (C=O) groups is 2. The number of amides is 1. The van der Waals surface area contributed by atoms with Crippen LogP contribution in [0.4, 0.5) is 4.39 Å². The molecule has 0 saturated heterocycles. The Morgan fingerprint density at radius 3 is 2.67 bits per heavy atom. The quantitative estimate of drug-likeness (QED) is 0.886. The summed E-state index contributed by atoms with van der Waals surface area (Å²) in [6.45, 7) is 3.76. The zero-order valence-corrected chi connectivity index (χ0v) is 13.9. The summed E-state index contributed by atoms with van der Waals surface area (Å²) in [6, 6.07) is 3.95. The van der Waals surface area contributed by atoms with E-state index < -0.39 is 22.8 Å². The lowest BCUT2D eigenvalue weighted by Gasteiger charge is -2.40. The van der Waals surface area contributed by atoms with Crippen LogP contribution >= 0.6 is 0 Å². The number of benzene rings is 1. The van der Waals surface area contributed by atoms with Gasteiger partial charge in [-0.1, -0.05) is 12.5 Å². The van der Waals surface area contributed by atoms with E-state index in [-0.39, 0.29) is 18.4 Å². The lowest BCUT2D eigenvalue weighted by Crippen LogP contribution is -2.45. The van der Waals surface area contributed by atoms with E-state index in [1.165, 1.54) is 12.1 Å². The molecular weight excluding hydrogens is 313 g/mol. The summed E-state index contributed by atoms with van der Waals surface area (Å²) in [5.41, 5.74) is -0.738. The molecule has 3 rings (SSSR count). The first kappa shape index (κ1) is 16.7. The van der Waals surface area contributed by atoms with Gasteiger partial charge < -0.3 is 15.2 Å². The molecule has 0 bridgehead atoms. The highest BCUT2D eigenvalue weighted by Gasteiger charge is 2.46. The molecule has 0 spiro atoms. The normalized spacial score (nSPS) is 23.4. The van der Waals surface area contributed by atoms with Crippen molar-refractivity contribution in [2.45, 2.75) is 57.6 Å². The van der Waals surface area contributed by atoms with Gasteiger partial charge in [-0.2, -0.15) is 0 Å². The highest BCUT2D eigenvalue weighted by Crippen LogP contribution is 2.45. The van der Waals surface area contributed by atoms with Gasteiger partial charge in [0.15, 0.2) is 0 Å². The second-order valence-corrected chi connectivity index (χ2v) is 7.48. The minimum Gasteiger partial charge on any atom is -0.487 e. The minimum atomic E-state index is -0.920.